The molecular weight excluding hydrogens is 282 g/mol. The second-order valence-corrected chi connectivity index (χ2v) is 5.82. The molecule has 0 aliphatic carbocycles. The maximum atomic E-state index is 5.76. The lowest BCUT2D eigenvalue weighted by Crippen LogP contribution is -2.23. The van der Waals surface area contributed by atoms with Crippen molar-refractivity contribution in [1.82, 2.24) is 30.2 Å². The molecule has 22 heavy (non-hydrogen) atoms. The van der Waals surface area contributed by atoms with Crippen molar-refractivity contribution in [2.45, 2.75) is 32.9 Å². The van der Waals surface area contributed by atoms with Crippen LogP contribution >= 0.6 is 0 Å². The van der Waals surface area contributed by atoms with E-state index in [1.807, 2.05) is 39.0 Å². The van der Waals surface area contributed by atoms with E-state index in [2.05, 4.69) is 30.9 Å². The fourth-order valence-electron chi connectivity index (χ4n) is 1.87. The number of rotatable bonds is 4. The van der Waals surface area contributed by atoms with Crippen molar-refractivity contribution in [2.24, 2.45) is 0 Å². The van der Waals surface area contributed by atoms with Gasteiger partial charge in [-0.25, -0.2) is 4.98 Å². The quantitative estimate of drug-likeness (QED) is 0.784. The van der Waals surface area contributed by atoms with E-state index in [4.69, 9.17) is 4.74 Å². The Hall–Kier alpha value is -2.77. The average molecular weight is 299 g/mol. The van der Waals surface area contributed by atoms with Crippen LogP contribution in [0.25, 0.3) is 5.65 Å². The summed E-state index contributed by atoms with van der Waals surface area (Å²) < 4.78 is 7.13. The van der Waals surface area contributed by atoms with Gasteiger partial charge in [-0.2, -0.15) is 0 Å². The number of nitrogens with zero attached hydrogens (tertiary/aromatic N) is 6. The van der Waals surface area contributed by atoms with Gasteiger partial charge in [-0.05, 0) is 55.0 Å². The van der Waals surface area contributed by atoms with Crippen LogP contribution in [0.2, 0.25) is 0 Å². The number of anilines is 1. The molecule has 0 bridgehead atoms. The molecule has 0 spiro atoms. The largest absolute Gasteiger partial charge is 0.472 e. The molecule has 3 rings (SSSR count). The summed E-state index contributed by atoms with van der Waals surface area (Å²) in [5.41, 5.74) is 1.38. The van der Waals surface area contributed by atoms with Gasteiger partial charge >= 0.3 is 0 Å². The minimum absolute atomic E-state index is 0.272. The van der Waals surface area contributed by atoms with Crippen LogP contribution in [-0.4, -0.2) is 35.8 Å². The van der Waals surface area contributed by atoms with Crippen molar-refractivity contribution in [1.29, 1.82) is 0 Å². The van der Waals surface area contributed by atoms with Gasteiger partial charge in [0.2, 0.25) is 5.88 Å². The van der Waals surface area contributed by atoms with E-state index >= 15 is 0 Å². The number of nitrogens with one attached hydrogen (secondary N) is 1. The van der Waals surface area contributed by atoms with Crippen LogP contribution in [0.5, 0.6) is 5.88 Å². The van der Waals surface area contributed by atoms with Crippen LogP contribution in [0.1, 0.15) is 26.3 Å². The fourth-order valence-corrected chi connectivity index (χ4v) is 1.87. The highest BCUT2D eigenvalue weighted by Gasteiger charge is 2.12. The second-order valence-electron chi connectivity index (χ2n) is 5.82. The number of hydrogen-bond acceptors (Lipinski definition) is 7. The summed E-state index contributed by atoms with van der Waals surface area (Å²) in [5.74, 6) is 1.30. The Bertz CT molecular complexity index is 778. The van der Waals surface area contributed by atoms with Gasteiger partial charge in [0.1, 0.15) is 11.4 Å². The second kappa shape index (κ2) is 5.55. The molecule has 0 atom stereocenters. The third-order valence-corrected chi connectivity index (χ3v) is 2.75. The van der Waals surface area contributed by atoms with Gasteiger partial charge in [-0.1, -0.05) is 0 Å². The van der Waals surface area contributed by atoms with Crippen LogP contribution in [0.4, 0.5) is 5.82 Å². The standard InChI is InChI=1S/C14H17N7O/c1-14(2,3)22-13-8-10(6-7-15-13)9-16-11-4-5-12-17-19-20-21(12)18-11/h4-8H,9H2,1-3H3,(H,16,18). The molecule has 3 heterocycles. The summed E-state index contributed by atoms with van der Waals surface area (Å²) >= 11 is 0. The number of pyridine rings is 1. The molecule has 0 aliphatic heterocycles. The van der Waals surface area contributed by atoms with Crippen LogP contribution in [0.15, 0.2) is 30.5 Å². The zero-order chi connectivity index (χ0) is 15.6. The van der Waals surface area contributed by atoms with Gasteiger partial charge in [0.25, 0.3) is 0 Å². The lowest BCUT2D eigenvalue weighted by molar-refractivity contribution is 0.124. The molecule has 114 valence electrons. The van der Waals surface area contributed by atoms with E-state index in [1.165, 1.54) is 4.63 Å². The first kappa shape index (κ1) is 14.2. The SMILES string of the molecule is CC(C)(C)Oc1cc(CNc2ccc3nnnn3n2)ccn1. The molecule has 8 heteroatoms. The molecule has 0 fully saturated rings. The Morgan fingerprint density at radius 3 is 2.91 bits per heavy atom. The Labute approximate surface area is 127 Å². The highest BCUT2D eigenvalue weighted by Crippen LogP contribution is 2.17. The topological polar surface area (TPSA) is 90.1 Å². The first-order valence-electron chi connectivity index (χ1n) is 6.93. The summed E-state index contributed by atoms with van der Waals surface area (Å²) in [6.45, 7) is 6.57. The highest BCUT2D eigenvalue weighted by atomic mass is 16.5. The van der Waals surface area contributed by atoms with Crippen molar-refractivity contribution in [2.75, 3.05) is 5.32 Å². The van der Waals surface area contributed by atoms with Gasteiger partial charge in [0.05, 0.1) is 0 Å². The Morgan fingerprint density at radius 2 is 2.09 bits per heavy atom. The van der Waals surface area contributed by atoms with Crippen molar-refractivity contribution >= 4 is 11.5 Å². The lowest BCUT2D eigenvalue weighted by Gasteiger charge is -2.20. The molecule has 0 aromatic carbocycles. The smallest absolute Gasteiger partial charge is 0.214 e. The van der Waals surface area contributed by atoms with Gasteiger partial charge in [-0.3, -0.25) is 0 Å². The van der Waals surface area contributed by atoms with Crippen LogP contribution in [-0.2, 0) is 6.54 Å². The first-order chi connectivity index (χ1) is 10.5. The van der Waals surface area contributed by atoms with E-state index in [0.717, 1.165) is 5.56 Å². The molecule has 0 saturated heterocycles. The Kier molecular flexibility index (Phi) is 3.58. The highest BCUT2D eigenvalue weighted by molar-refractivity contribution is 5.42. The monoisotopic (exact) mass is 299 g/mol. The van der Waals surface area contributed by atoms with E-state index in [1.54, 1.807) is 12.3 Å². The van der Waals surface area contributed by atoms with Crippen LogP contribution in [0, 0.1) is 0 Å². The molecule has 0 unspecified atom stereocenters. The Morgan fingerprint density at radius 1 is 1.23 bits per heavy atom. The van der Waals surface area contributed by atoms with E-state index in [9.17, 15) is 0 Å². The van der Waals surface area contributed by atoms with Crippen molar-refractivity contribution in [3.63, 3.8) is 0 Å². The van der Waals surface area contributed by atoms with Crippen LogP contribution in [0.3, 0.4) is 0 Å². The molecule has 3 aromatic rings. The fraction of sp³-hybridized carbons (Fsp3) is 0.357. The zero-order valence-electron chi connectivity index (χ0n) is 12.7. The minimum atomic E-state index is -0.272. The normalized spacial score (nSPS) is 11.6. The molecule has 0 saturated carbocycles. The van der Waals surface area contributed by atoms with Gasteiger partial charge < -0.3 is 10.1 Å². The molecule has 0 amide bonds. The third-order valence-electron chi connectivity index (χ3n) is 2.75. The third kappa shape index (κ3) is 3.46. The molecular formula is C14H17N7O. The van der Waals surface area contributed by atoms with E-state index in [-0.39, 0.29) is 5.60 Å². The predicted molar refractivity (Wildman–Crippen MR) is 80.5 cm³/mol. The van der Waals surface area contributed by atoms with Gasteiger partial charge in [0.15, 0.2) is 5.65 Å². The molecule has 8 nitrogen and oxygen atoms in total. The molecule has 3 aromatic heterocycles. The van der Waals surface area contributed by atoms with Gasteiger partial charge in [0, 0.05) is 18.8 Å². The summed E-state index contributed by atoms with van der Waals surface area (Å²) in [7, 11) is 0. The lowest BCUT2D eigenvalue weighted by atomic mass is 10.2. The minimum Gasteiger partial charge on any atom is -0.472 e. The van der Waals surface area contributed by atoms with E-state index < -0.39 is 0 Å². The maximum Gasteiger partial charge on any atom is 0.214 e. The molecule has 0 radical (unpaired) electrons. The van der Waals surface area contributed by atoms with Crippen molar-refractivity contribution in [3.8, 4) is 5.88 Å². The number of ether oxygens (including phenoxy) is 1. The predicted octanol–water partition coefficient (Wildman–Crippen LogP) is 1.70. The average Bonchev–Trinajstić information content (AvgIpc) is 2.91. The van der Waals surface area contributed by atoms with Gasteiger partial charge in [-0.15, -0.1) is 14.8 Å². The summed E-state index contributed by atoms with van der Waals surface area (Å²) in [4.78, 5) is 4.22. The Balaban J connectivity index is 1.69. The van der Waals surface area contributed by atoms with E-state index in [0.29, 0.717) is 23.9 Å². The van der Waals surface area contributed by atoms with Crippen molar-refractivity contribution < 1.29 is 4.74 Å². The maximum absolute atomic E-state index is 5.76. The number of aromatic nitrogens is 6. The number of hydrogen-bond donors (Lipinski definition) is 1. The zero-order valence-corrected chi connectivity index (χ0v) is 12.7. The number of fused-ring (bicyclic) bond motifs is 1. The van der Waals surface area contributed by atoms with Crippen LogP contribution < -0.4 is 10.1 Å². The first-order valence-corrected chi connectivity index (χ1v) is 6.93. The van der Waals surface area contributed by atoms with Crippen molar-refractivity contribution in [3.05, 3.63) is 36.0 Å². The molecule has 0 aliphatic rings. The molecule has 1 N–H and O–H groups in total. The summed E-state index contributed by atoms with van der Waals surface area (Å²) in [5, 5.41) is 18.6. The number of tetrazole rings is 1. The summed E-state index contributed by atoms with van der Waals surface area (Å²) in [6.07, 6.45) is 1.73. The summed E-state index contributed by atoms with van der Waals surface area (Å²) in [6, 6.07) is 7.47.